The number of benzene rings is 1. The van der Waals surface area contributed by atoms with Gasteiger partial charge in [-0.3, -0.25) is 4.79 Å². The lowest BCUT2D eigenvalue weighted by molar-refractivity contribution is 0.0942. The summed E-state index contributed by atoms with van der Waals surface area (Å²) in [7, 11) is 1.85. The summed E-state index contributed by atoms with van der Waals surface area (Å²) in [5.41, 5.74) is 3.59. The van der Waals surface area contributed by atoms with Crippen LogP contribution in [0.1, 0.15) is 43.2 Å². The van der Waals surface area contributed by atoms with Crippen molar-refractivity contribution < 1.29 is 13.7 Å². The molecule has 1 N–H and O–H groups in total. The maximum atomic E-state index is 13.7. The molecule has 0 fully saturated rings. The van der Waals surface area contributed by atoms with Crippen molar-refractivity contribution in [1.29, 1.82) is 0 Å². The second-order valence-electron chi connectivity index (χ2n) is 8.18. The average Bonchev–Trinajstić information content (AvgIpc) is 3.50. The molecular formula is C25H22FN5O2S. The Balaban J connectivity index is 1.61. The van der Waals surface area contributed by atoms with E-state index in [1.165, 1.54) is 12.1 Å². The molecule has 34 heavy (non-hydrogen) atoms. The summed E-state index contributed by atoms with van der Waals surface area (Å²) >= 11 is 1.67. The van der Waals surface area contributed by atoms with Crippen molar-refractivity contribution in [3.05, 3.63) is 87.0 Å². The predicted octanol–water partition coefficient (Wildman–Crippen LogP) is 5.27. The monoisotopic (exact) mass is 475 g/mol. The second kappa shape index (κ2) is 8.49. The number of hydrogen-bond acceptors (Lipinski definition) is 6. The van der Waals surface area contributed by atoms with Crippen molar-refractivity contribution in [2.24, 2.45) is 7.05 Å². The molecule has 172 valence electrons. The standard InChI is InChI=1S/C25H22FN5O2S/c1-13-11-18(15(3)34-13)20-12-19(21-14(2)30-33-25(21)28-20)24(32)29-22(23-27-9-10-31(23)4)16-5-7-17(26)8-6-16/h5-12,22H,1-4H3,(H,29,32). The molecule has 5 rings (SSSR count). The number of nitrogens with one attached hydrogen (secondary N) is 1. The Hall–Kier alpha value is -3.85. The molecule has 1 amide bonds. The fourth-order valence-electron chi connectivity index (χ4n) is 4.11. The van der Waals surface area contributed by atoms with Crippen molar-refractivity contribution in [3.63, 3.8) is 0 Å². The van der Waals surface area contributed by atoms with E-state index in [-0.39, 0.29) is 11.7 Å². The number of carbonyl (C=O) groups is 1. The van der Waals surface area contributed by atoms with Crippen LogP contribution >= 0.6 is 11.3 Å². The topological polar surface area (TPSA) is 85.8 Å². The molecule has 0 bridgehead atoms. The van der Waals surface area contributed by atoms with Crippen LogP contribution in [0.25, 0.3) is 22.4 Å². The van der Waals surface area contributed by atoms with Gasteiger partial charge in [-0.05, 0) is 50.6 Å². The first-order valence-electron chi connectivity index (χ1n) is 10.7. The highest BCUT2D eigenvalue weighted by atomic mass is 32.1. The molecule has 4 aromatic heterocycles. The summed E-state index contributed by atoms with van der Waals surface area (Å²) in [4.78, 5) is 25.0. The summed E-state index contributed by atoms with van der Waals surface area (Å²) in [6.45, 7) is 5.84. The van der Waals surface area contributed by atoms with Crippen molar-refractivity contribution in [3.8, 4) is 11.3 Å². The smallest absolute Gasteiger partial charge is 0.259 e. The summed E-state index contributed by atoms with van der Waals surface area (Å²) in [5.74, 6) is -0.0608. The number of pyridine rings is 1. The van der Waals surface area contributed by atoms with Crippen LogP contribution in [-0.2, 0) is 7.05 Å². The Labute approximate surface area is 199 Å². The number of thiophene rings is 1. The third kappa shape index (κ3) is 3.88. The lowest BCUT2D eigenvalue weighted by Gasteiger charge is -2.19. The van der Waals surface area contributed by atoms with Crippen LogP contribution in [0.5, 0.6) is 0 Å². The predicted molar refractivity (Wildman–Crippen MR) is 128 cm³/mol. The summed E-state index contributed by atoms with van der Waals surface area (Å²) in [6, 6.07) is 9.25. The fraction of sp³-hybridized carbons (Fsp3) is 0.200. The Kier molecular flexibility index (Phi) is 5.49. The van der Waals surface area contributed by atoms with Gasteiger partial charge >= 0.3 is 0 Å². The molecule has 4 heterocycles. The van der Waals surface area contributed by atoms with Gasteiger partial charge in [0.15, 0.2) is 0 Å². The first-order valence-corrected chi connectivity index (χ1v) is 11.5. The van der Waals surface area contributed by atoms with Crippen molar-refractivity contribution in [2.75, 3.05) is 0 Å². The number of nitrogens with zero attached hydrogens (tertiary/aromatic N) is 4. The molecule has 0 saturated carbocycles. The molecule has 1 aromatic carbocycles. The Morgan fingerprint density at radius 3 is 2.59 bits per heavy atom. The van der Waals surface area contributed by atoms with Gasteiger partial charge in [-0.2, -0.15) is 0 Å². The Morgan fingerprint density at radius 2 is 1.94 bits per heavy atom. The van der Waals surface area contributed by atoms with E-state index in [0.717, 1.165) is 15.3 Å². The molecular weight excluding hydrogens is 453 g/mol. The van der Waals surface area contributed by atoms with Crippen LogP contribution in [0.4, 0.5) is 4.39 Å². The number of aryl methyl sites for hydroxylation is 4. The van der Waals surface area contributed by atoms with Crippen LogP contribution in [0, 0.1) is 26.6 Å². The summed E-state index contributed by atoms with van der Waals surface area (Å²) in [5, 5.41) is 7.68. The van der Waals surface area contributed by atoms with Crippen LogP contribution in [0.2, 0.25) is 0 Å². The van der Waals surface area contributed by atoms with E-state index in [0.29, 0.717) is 39.4 Å². The van der Waals surface area contributed by atoms with Crippen LogP contribution in [0.3, 0.4) is 0 Å². The first kappa shape index (κ1) is 22.0. The van der Waals surface area contributed by atoms with E-state index in [1.54, 1.807) is 48.9 Å². The molecule has 0 aliphatic heterocycles. The minimum Gasteiger partial charge on any atom is -0.338 e. The number of aromatic nitrogens is 4. The van der Waals surface area contributed by atoms with E-state index >= 15 is 0 Å². The number of fused-ring (bicyclic) bond motifs is 1. The number of hydrogen-bond donors (Lipinski definition) is 1. The minimum atomic E-state index is -0.593. The van der Waals surface area contributed by atoms with Gasteiger partial charge in [0.05, 0.1) is 22.3 Å². The molecule has 0 spiro atoms. The lowest BCUT2D eigenvalue weighted by Crippen LogP contribution is -2.31. The van der Waals surface area contributed by atoms with Gasteiger partial charge in [0.1, 0.15) is 17.7 Å². The SMILES string of the molecule is Cc1cc(-c2cc(C(=O)NC(c3ccc(F)cc3)c3nccn3C)c3c(C)noc3n2)c(C)s1. The normalized spacial score (nSPS) is 12.3. The number of rotatable bonds is 5. The third-order valence-electron chi connectivity index (χ3n) is 5.77. The zero-order valence-electron chi connectivity index (χ0n) is 19.1. The number of carbonyl (C=O) groups excluding carboxylic acids is 1. The van der Waals surface area contributed by atoms with E-state index < -0.39 is 6.04 Å². The van der Waals surface area contributed by atoms with Gasteiger partial charge in [0.2, 0.25) is 0 Å². The maximum absolute atomic E-state index is 13.7. The highest BCUT2D eigenvalue weighted by molar-refractivity contribution is 7.12. The van der Waals surface area contributed by atoms with Gasteiger partial charge in [0.25, 0.3) is 11.6 Å². The van der Waals surface area contributed by atoms with Gasteiger partial charge < -0.3 is 14.4 Å². The molecule has 0 radical (unpaired) electrons. The number of halogens is 1. The molecule has 5 aromatic rings. The second-order valence-corrected chi connectivity index (χ2v) is 9.64. The van der Waals surface area contributed by atoms with Gasteiger partial charge in [-0.1, -0.05) is 17.3 Å². The molecule has 0 aliphatic rings. The zero-order valence-corrected chi connectivity index (χ0v) is 19.9. The van der Waals surface area contributed by atoms with E-state index in [2.05, 4.69) is 20.4 Å². The Bertz CT molecular complexity index is 1520. The van der Waals surface area contributed by atoms with Crippen LogP contribution < -0.4 is 5.32 Å². The van der Waals surface area contributed by atoms with E-state index in [9.17, 15) is 9.18 Å². The zero-order chi connectivity index (χ0) is 24.0. The summed E-state index contributed by atoms with van der Waals surface area (Å²) in [6.07, 6.45) is 3.46. The molecule has 0 saturated heterocycles. The number of amides is 1. The molecule has 9 heteroatoms. The third-order valence-corrected chi connectivity index (χ3v) is 6.74. The highest BCUT2D eigenvalue weighted by Gasteiger charge is 2.25. The van der Waals surface area contributed by atoms with Crippen LogP contribution in [-0.4, -0.2) is 25.6 Å². The molecule has 0 aliphatic carbocycles. The first-order chi connectivity index (χ1) is 16.3. The lowest BCUT2D eigenvalue weighted by atomic mass is 10.0. The van der Waals surface area contributed by atoms with Gasteiger partial charge in [0, 0.05) is 34.8 Å². The van der Waals surface area contributed by atoms with Crippen molar-refractivity contribution >= 4 is 28.3 Å². The maximum Gasteiger partial charge on any atom is 0.259 e. The van der Waals surface area contributed by atoms with E-state index in [1.807, 2.05) is 31.5 Å². The minimum absolute atomic E-state index is 0.304. The van der Waals surface area contributed by atoms with Crippen molar-refractivity contribution in [1.82, 2.24) is 25.0 Å². The fourth-order valence-corrected chi connectivity index (χ4v) is 5.05. The van der Waals surface area contributed by atoms with Gasteiger partial charge in [-0.15, -0.1) is 11.3 Å². The largest absolute Gasteiger partial charge is 0.338 e. The Morgan fingerprint density at radius 1 is 1.18 bits per heavy atom. The molecule has 1 unspecified atom stereocenters. The average molecular weight is 476 g/mol. The molecule has 7 nitrogen and oxygen atoms in total. The highest BCUT2D eigenvalue weighted by Crippen LogP contribution is 2.33. The number of imidazole rings is 1. The van der Waals surface area contributed by atoms with Crippen molar-refractivity contribution in [2.45, 2.75) is 26.8 Å². The summed E-state index contributed by atoms with van der Waals surface area (Å²) < 4.78 is 20.9. The quantitative estimate of drug-likeness (QED) is 0.374. The van der Waals surface area contributed by atoms with Crippen LogP contribution in [0.15, 0.2) is 53.3 Å². The van der Waals surface area contributed by atoms with Gasteiger partial charge in [-0.25, -0.2) is 14.4 Å². The molecule has 1 atom stereocenters. The van der Waals surface area contributed by atoms with E-state index in [4.69, 9.17) is 4.52 Å².